The molecule has 0 bridgehead atoms. The molecule has 0 spiro atoms. The fourth-order valence-electron chi connectivity index (χ4n) is 2.31. The maximum atomic E-state index is 12.2. The number of aromatic nitrogens is 2. The van der Waals surface area contributed by atoms with E-state index in [1.54, 1.807) is 11.8 Å². The summed E-state index contributed by atoms with van der Waals surface area (Å²) in [6.45, 7) is 2.95. The van der Waals surface area contributed by atoms with Gasteiger partial charge in [-0.1, -0.05) is 12.1 Å². The van der Waals surface area contributed by atoms with Gasteiger partial charge in [-0.05, 0) is 6.42 Å². The zero-order chi connectivity index (χ0) is 16.4. The molecule has 0 aromatic carbocycles. The summed E-state index contributed by atoms with van der Waals surface area (Å²) in [5, 5.41) is 2.74. The Morgan fingerprint density at radius 3 is 2.82 bits per heavy atom. The van der Waals surface area contributed by atoms with Gasteiger partial charge in [-0.3, -0.25) is 4.90 Å². The molecule has 126 valence electrons. The maximum Gasteiger partial charge on any atom is 0.396 e. The Kier molecular flexibility index (Phi) is 5.07. The van der Waals surface area contributed by atoms with E-state index in [0.29, 0.717) is 19.5 Å². The van der Waals surface area contributed by atoms with Crippen LogP contribution in [0, 0.1) is 0 Å². The minimum absolute atomic E-state index is 0.0562. The van der Waals surface area contributed by atoms with Crippen molar-refractivity contribution in [3.63, 3.8) is 0 Å². The van der Waals surface area contributed by atoms with Gasteiger partial charge >= 0.3 is 6.18 Å². The molecule has 1 aromatic rings. The first-order valence-electron chi connectivity index (χ1n) is 6.78. The second kappa shape index (κ2) is 6.50. The van der Waals surface area contributed by atoms with Crippen LogP contribution in [0.1, 0.15) is 25.1 Å². The highest BCUT2D eigenvalue weighted by atomic mass is 32.2. The van der Waals surface area contributed by atoms with E-state index < -0.39 is 33.7 Å². The first kappa shape index (κ1) is 17.2. The molecule has 0 aliphatic carbocycles. The number of nitrogens with one attached hydrogen (secondary N) is 1. The Bertz CT molecular complexity index is 602. The highest BCUT2D eigenvalue weighted by Crippen LogP contribution is 2.21. The number of alkyl halides is 3. The monoisotopic (exact) mass is 342 g/mol. The molecule has 0 radical (unpaired) electrons. The molecule has 0 saturated carbocycles. The van der Waals surface area contributed by atoms with Gasteiger partial charge in [-0.2, -0.15) is 18.2 Å². The number of likely N-dealkylation sites (tertiary alicyclic amines) is 1. The van der Waals surface area contributed by atoms with E-state index >= 15 is 0 Å². The van der Waals surface area contributed by atoms with Crippen LogP contribution < -0.4 is 4.72 Å². The van der Waals surface area contributed by atoms with Crippen LogP contribution in [0.3, 0.4) is 0 Å². The molecule has 7 nitrogen and oxygen atoms in total. The zero-order valence-corrected chi connectivity index (χ0v) is 12.7. The lowest BCUT2D eigenvalue weighted by Gasteiger charge is -2.14. The van der Waals surface area contributed by atoms with Crippen molar-refractivity contribution < 1.29 is 26.1 Å². The third-order valence-electron chi connectivity index (χ3n) is 3.24. The SMILES string of the molecule is CCNS(=O)(=O)C1CCN(Cc2nc(CC(F)(F)F)no2)C1. The minimum Gasteiger partial charge on any atom is -0.338 e. The van der Waals surface area contributed by atoms with Crippen molar-refractivity contribution in [1.29, 1.82) is 0 Å². The second-order valence-electron chi connectivity index (χ2n) is 5.08. The molecule has 1 unspecified atom stereocenters. The predicted molar refractivity (Wildman–Crippen MR) is 70.3 cm³/mol. The van der Waals surface area contributed by atoms with Gasteiger partial charge < -0.3 is 4.52 Å². The van der Waals surface area contributed by atoms with Gasteiger partial charge in [-0.25, -0.2) is 13.1 Å². The molecule has 1 atom stereocenters. The molecule has 2 rings (SSSR count). The number of hydrogen-bond donors (Lipinski definition) is 1. The van der Waals surface area contributed by atoms with Crippen LogP contribution in [0.4, 0.5) is 13.2 Å². The Hall–Kier alpha value is -1.20. The number of nitrogens with zero attached hydrogens (tertiary/aromatic N) is 3. The fraction of sp³-hybridized carbons (Fsp3) is 0.818. The van der Waals surface area contributed by atoms with Crippen molar-refractivity contribution in [3.05, 3.63) is 11.7 Å². The highest BCUT2D eigenvalue weighted by molar-refractivity contribution is 7.90. The van der Waals surface area contributed by atoms with Crippen molar-refractivity contribution in [2.75, 3.05) is 19.6 Å². The molecule has 22 heavy (non-hydrogen) atoms. The van der Waals surface area contributed by atoms with Crippen molar-refractivity contribution in [2.45, 2.75) is 37.7 Å². The van der Waals surface area contributed by atoms with Crippen LogP contribution in [0.5, 0.6) is 0 Å². The number of sulfonamides is 1. The van der Waals surface area contributed by atoms with Crippen molar-refractivity contribution in [2.24, 2.45) is 0 Å². The molecule has 1 aliphatic heterocycles. The largest absolute Gasteiger partial charge is 0.396 e. The molecular formula is C11H17F3N4O3S. The minimum atomic E-state index is -4.39. The van der Waals surface area contributed by atoms with E-state index in [-0.39, 0.29) is 19.0 Å². The average Bonchev–Trinajstić information content (AvgIpc) is 2.98. The third-order valence-corrected chi connectivity index (χ3v) is 5.19. The molecule has 0 amide bonds. The molecule has 1 aliphatic rings. The van der Waals surface area contributed by atoms with E-state index in [1.165, 1.54) is 0 Å². The Morgan fingerprint density at radius 1 is 1.45 bits per heavy atom. The van der Waals surface area contributed by atoms with Crippen molar-refractivity contribution in [3.8, 4) is 0 Å². The maximum absolute atomic E-state index is 12.2. The average molecular weight is 342 g/mol. The van der Waals surface area contributed by atoms with Crippen LogP contribution in [-0.2, 0) is 23.0 Å². The third kappa shape index (κ3) is 4.65. The summed E-state index contributed by atoms with van der Waals surface area (Å²) in [7, 11) is -3.36. The van der Waals surface area contributed by atoms with E-state index in [9.17, 15) is 21.6 Å². The highest BCUT2D eigenvalue weighted by Gasteiger charge is 2.34. The lowest BCUT2D eigenvalue weighted by atomic mass is 10.4. The zero-order valence-electron chi connectivity index (χ0n) is 11.9. The number of hydrogen-bond acceptors (Lipinski definition) is 6. The van der Waals surface area contributed by atoms with E-state index in [4.69, 9.17) is 4.52 Å². The molecule has 1 saturated heterocycles. The Balaban J connectivity index is 1.91. The van der Waals surface area contributed by atoms with Crippen LogP contribution in [0.25, 0.3) is 0 Å². The summed E-state index contributed by atoms with van der Waals surface area (Å²) in [5.41, 5.74) is 0. The molecule has 1 N–H and O–H groups in total. The first-order chi connectivity index (χ1) is 10.2. The summed E-state index contributed by atoms with van der Waals surface area (Å²) in [5.74, 6) is -0.362. The number of halogens is 3. The second-order valence-corrected chi connectivity index (χ2v) is 7.13. The van der Waals surface area contributed by atoms with Crippen LogP contribution in [0.2, 0.25) is 0 Å². The quantitative estimate of drug-likeness (QED) is 0.818. The molecule has 1 fully saturated rings. The van der Waals surface area contributed by atoms with Gasteiger partial charge in [0.15, 0.2) is 5.82 Å². The summed E-state index contributed by atoms with van der Waals surface area (Å²) in [6.07, 6.45) is -5.17. The first-order valence-corrected chi connectivity index (χ1v) is 8.33. The fourth-order valence-corrected chi connectivity index (χ4v) is 3.77. The Morgan fingerprint density at radius 2 is 2.18 bits per heavy atom. The van der Waals surface area contributed by atoms with Gasteiger partial charge in [0, 0.05) is 19.6 Å². The van der Waals surface area contributed by atoms with E-state index in [1.807, 2.05) is 0 Å². The molecule has 11 heteroatoms. The van der Waals surface area contributed by atoms with Gasteiger partial charge in [-0.15, -0.1) is 0 Å². The smallest absolute Gasteiger partial charge is 0.338 e. The predicted octanol–water partition coefficient (Wildman–Crippen LogP) is 0.688. The lowest BCUT2D eigenvalue weighted by molar-refractivity contribution is -0.128. The topological polar surface area (TPSA) is 88.3 Å². The summed E-state index contributed by atoms with van der Waals surface area (Å²) >= 11 is 0. The van der Waals surface area contributed by atoms with E-state index in [2.05, 4.69) is 14.9 Å². The molecular weight excluding hydrogens is 325 g/mol. The van der Waals surface area contributed by atoms with Crippen LogP contribution in [-0.4, -0.2) is 54.5 Å². The summed E-state index contributed by atoms with van der Waals surface area (Å²) in [6, 6.07) is 0. The molecule has 2 heterocycles. The standard InChI is InChI=1S/C11H17F3N4O3S/c1-2-15-22(19,20)8-3-4-18(6-8)7-10-16-9(17-21-10)5-11(12,13)14/h8,15H,2-7H2,1H3. The molecule has 1 aromatic heterocycles. The number of rotatable bonds is 6. The van der Waals surface area contributed by atoms with Crippen molar-refractivity contribution >= 4 is 10.0 Å². The van der Waals surface area contributed by atoms with Gasteiger partial charge in [0.25, 0.3) is 0 Å². The lowest BCUT2D eigenvalue weighted by Crippen LogP contribution is -2.36. The van der Waals surface area contributed by atoms with Crippen LogP contribution in [0.15, 0.2) is 4.52 Å². The van der Waals surface area contributed by atoms with Gasteiger partial charge in [0.1, 0.15) is 6.42 Å². The van der Waals surface area contributed by atoms with Crippen molar-refractivity contribution in [1.82, 2.24) is 19.8 Å². The van der Waals surface area contributed by atoms with Gasteiger partial charge in [0.2, 0.25) is 15.9 Å². The van der Waals surface area contributed by atoms with Crippen LogP contribution >= 0.6 is 0 Å². The summed E-state index contributed by atoms with van der Waals surface area (Å²) in [4.78, 5) is 5.45. The summed E-state index contributed by atoms with van der Waals surface area (Å²) < 4.78 is 67.6. The van der Waals surface area contributed by atoms with E-state index in [0.717, 1.165) is 0 Å². The normalized spacial score (nSPS) is 20.6. The van der Waals surface area contributed by atoms with Gasteiger partial charge in [0.05, 0.1) is 11.8 Å². The Labute approximate surface area is 125 Å².